The van der Waals surface area contributed by atoms with Crippen LogP contribution in [0.15, 0.2) is 102 Å². The minimum Gasteiger partial charge on any atom is -0.487 e. The lowest BCUT2D eigenvalue weighted by molar-refractivity contribution is -0.107. The Kier molecular flexibility index (Phi) is 8.27. The topological polar surface area (TPSA) is 75.7 Å². The highest BCUT2D eigenvalue weighted by molar-refractivity contribution is 7.92. The maximum absolute atomic E-state index is 12.8. The van der Waals surface area contributed by atoms with Gasteiger partial charge in [0.15, 0.2) is 0 Å². The maximum atomic E-state index is 12.8. The zero-order valence-corrected chi connectivity index (χ0v) is 22.6. The van der Waals surface area contributed by atoms with E-state index in [0.29, 0.717) is 25.3 Å². The molecule has 0 saturated heterocycles. The number of hydrogen-bond acceptors (Lipinski definition) is 5. The number of fused-ring (bicyclic) bond motifs is 1. The van der Waals surface area contributed by atoms with Gasteiger partial charge in [0, 0.05) is 25.2 Å². The number of benzene rings is 4. The van der Waals surface area contributed by atoms with E-state index in [9.17, 15) is 13.2 Å². The first-order valence-electron chi connectivity index (χ1n) is 13.2. The van der Waals surface area contributed by atoms with E-state index in [2.05, 4.69) is 27.8 Å². The molecular weight excluding hydrogens is 508 g/mol. The van der Waals surface area contributed by atoms with Crippen LogP contribution in [0.25, 0.3) is 0 Å². The lowest BCUT2D eigenvalue weighted by Gasteiger charge is -2.33. The molecule has 1 heterocycles. The van der Waals surface area contributed by atoms with E-state index in [1.54, 1.807) is 36.4 Å². The Morgan fingerprint density at radius 3 is 2.41 bits per heavy atom. The van der Waals surface area contributed by atoms with Crippen LogP contribution in [0.4, 0.5) is 11.4 Å². The molecule has 0 saturated carbocycles. The Balaban J connectivity index is 1.31. The number of nitrogens with one attached hydrogen (secondary N) is 1. The summed E-state index contributed by atoms with van der Waals surface area (Å²) in [5, 5.41) is 0. The van der Waals surface area contributed by atoms with Crippen LogP contribution in [-0.2, 0) is 40.8 Å². The molecule has 0 spiro atoms. The standard InChI is InChI=1S/C32H32N2O4S/c35-21-7-9-25-16-18-26(19-17-25)24-38-31-15-5-10-28-11-6-20-34(32(28)31)23-27-8-4-12-29(22-27)33-39(36,37)30-13-2-1-3-14-30/h1-5,8,10,12-19,21-22,33H,6-7,9,11,20,23-24H2. The van der Waals surface area contributed by atoms with Crippen molar-refractivity contribution in [3.8, 4) is 5.75 Å². The van der Waals surface area contributed by atoms with Crippen molar-refractivity contribution in [2.75, 3.05) is 16.2 Å². The van der Waals surface area contributed by atoms with Gasteiger partial charge in [0.2, 0.25) is 0 Å². The van der Waals surface area contributed by atoms with Gasteiger partial charge >= 0.3 is 0 Å². The molecule has 6 nitrogen and oxygen atoms in total. The third-order valence-corrected chi connectivity index (χ3v) is 8.24. The first-order valence-corrected chi connectivity index (χ1v) is 14.7. The fourth-order valence-corrected chi connectivity index (χ4v) is 6.00. The van der Waals surface area contributed by atoms with Gasteiger partial charge in [-0.05, 0) is 71.8 Å². The van der Waals surface area contributed by atoms with Gasteiger partial charge in [0.25, 0.3) is 10.0 Å². The highest BCUT2D eigenvalue weighted by atomic mass is 32.2. The summed E-state index contributed by atoms with van der Waals surface area (Å²) in [6, 6.07) is 30.4. The van der Waals surface area contributed by atoms with Gasteiger partial charge in [-0.1, -0.05) is 66.7 Å². The second kappa shape index (κ2) is 12.2. The number of carbonyl (C=O) groups is 1. The van der Waals surface area contributed by atoms with E-state index in [-0.39, 0.29) is 4.90 Å². The molecule has 0 amide bonds. The molecule has 1 aliphatic rings. The molecule has 200 valence electrons. The van der Waals surface area contributed by atoms with Gasteiger partial charge in [-0.25, -0.2) is 8.42 Å². The first-order chi connectivity index (χ1) is 19.0. The number of rotatable bonds is 11. The van der Waals surface area contributed by atoms with Crippen LogP contribution in [-0.4, -0.2) is 21.2 Å². The molecule has 0 bridgehead atoms. The number of aryl methyl sites for hydroxylation is 2. The van der Waals surface area contributed by atoms with Gasteiger partial charge in [0.1, 0.15) is 18.6 Å². The molecule has 1 N–H and O–H groups in total. The summed E-state index contributed by atoms with van der Waals surface area (Å²) >= 11 is 0. The van der Waals surface area contributed by atoms with Crippen molar-refractivity contribution in [1.29, 1.82) is 0 Å². The molecule has 0 atom stereocenters. The number of ether oxygens (including phenoxy) is 1. The molecule has 0 unspecified atom stereocenters. The maximum Gasteiger partial charge on any atom is 0.261 e. The van der Waals surface area contributed by atoms with Crippen LogP contribution in [0.1, 0.15) is 35.1 Å². The van der Waals surface area contributed by atoms with Gasteiger partial charge in [-0.2, -0.15) is 0 Å². The minimum absolute atomic E-state index is 0.234. The Hall–Kier alpha value is -4.10. The smallest absolute Gasteiger partial charge is 0.261 e. The average molecular weight is 541 g/mol. The number of para-hydroxylation sites is 1. The normalized spacial score (nSPS) is 13.0. The zero-order valence-electron chi connectivity index (χ0n) is 21.8. The van der Waals surface area contributed by atoms with Crippen molar-refractivity contribution in [3.05, 3.63) is 119 Å². The summed E-state index contributed by atoms with van der Waals surface area (Å²) in [5.41, 5.74) is 6.11. The van der Waals surface area contributed by atoms with Gasteiger partial charge in [-0.3, -0.25) is 4.72 Å². The van der Waals surface area contributed by atoms with Crippen molar-refractivity contribution in [2.24, 2.45) is 0 Å². The predicted molar refractivity (Wildman–Crippen MR) is 155 cm³/mol. The molecular formula is C32H32N2O4S. The number of aldehydes is 1. The highest BCUT2D eigenvalue weighted by Crippen LogP contribution is 2.38. The number of sulfonamides is 1. The Morgan fingerprint density at radius 2 is 1.62 bits per heavy atom. The van der Waals surface area contributed by atoms with Crippen molar-refractivity contribution >= 4 is 27.7 Å². The second-order valence-corrected chi connectivity index (χ2v) is 11.4. The van der Waals surface area contributed by atoms with Crippen LogP contribution in [0, 0.1) is 0 Å². The molecule has 0 aliphatic carbocycles. The lowest BCUT2D eigenvalue weighted by atomic mass is 10.00. The average Bonchev–Trinajstić information content (AvgIpc) is 2.96. The molecule has 7 heteroatoms. The Labute approximate surface area is 230 Å². The Bertz CT molecular complexity index is 1520. The monoisotopic (exact) mass is 540 g/mol. The van der Waals surface area contributed by atoms with E-state index in [1.807, 2.05) is 42.5 Å². The molecule has 0 radical (unpaired) electrons. The van der Waals surface area contributed by atoms with Crippen molar-refractivity contribution in [1.82, 2.24) is 0 Å². The van der Waals surface area contributed by atoms with E-state index in [4.69, 9.17) is 4.74 Å². The summed E-state index contributed by atoms with van der Waals surface area (Å²) in [4.78, 5) is 13.2. The van der Waals surface area contributed by atoms with Crippen LogP contribution >= 0.6 is 0 Å². The van der Waals surface area contributed by atoms with Crippen molar-refractivity contribution < 1.29 is 17.9 Å². The highest BCUT2D eigenvalue weighted by Gasteiger charge is 2.22. The molecule has 39 heavy (non-hydrogen) atoms. The lowest BCUT2D eigenvalue weighted by Crippen LogP contribution is -2.29. The fraction of sp³-hybridized carbons (Fsp3) is 0.219. The van der Waals surface area contributed by atoms with Gasteiger partial charge in [-0.15, -0.1) is 0 Å². The third kappa shape index (κ3) is 6.67. The molecule has 0 fully saturated rings. The summed E-state index contributed by atoms with van der Waals surface area (Å²) in [6.45, 7) is 1.98. The number of anilines is 2. The quantitative estimate of drug-likeness (QED) is 0.231. The summed E-state index contributed by atoms with van der Waals surface area (Å²) in [7, 11) is -3.66. The summed E-state index contributed by atoms with van der Waals surface area (Å²) in [6.07, 6.45) is 4.26. The van der Waals surface area contributed by atoms with Crippen molar-refractivity contribution in [3.63, 3.8) is 0 Å². The van der Waals surface area contributed by atoms with Crippen molar-refractivity contribution in [2.45, 2.75) is 43.7 Å². The third-order valence-electron chi connectivity index (χ3n) is 6.85. The Morgan fingerprint density at radius 1 is 0.846 bits per heavy atom. The summed E-state index contributed by atoms with van der Waals surface area (Å²) < 4.78 is 34.7. The van der Waals surface area contributed by atoms with E-state index >= 15 is 0 Å². The zero-order chi connectivity index (χ0) is 27.1. The SMILES string of the molecule is O=CCCc1ccc(COc2cccc3c2N(Cc2cccc(NS(=O)(=O)c4ccccc4)c2)CCC3)cc1. The fourth-order valence-electron chi connectivity index (χ4n) is 4.93. The summed E-state index contributed by atoms with van der Waals surface area (Å²) in [5.74, 6) is 0.846. The van der Waals surface area contributed by atoms with E-state index < -0.39 is 10.0 Å². The van der Waals surface area contributed by atoms with Crippen LogP contribution in [0.5, 0.6) is 5.75 Å². The number of hydrogen-bond donors (Lipinski definition) is 1. The van der Waals surface area contributed by atoms with Gasteiger partial charge < -0.3 is 14.4 Å². The van der Waals surface area contributed by atoms with Crippen LogP contribution < -0.4 is 14.4 Å². The molecule has 5 rings (SSSR count). The minimum atomic E-state index is -3.66. The van der Waals surface area contributed by atoms with Crippen LogP contribution in [0.2, 0.25) is 0 Å². The molecule has 1 aliphatic heterocycles. The van der Waals surface area contributed by atoms with Crippen LogP contribution in [0.3, 0.4) is 0 Å². The van der Waals surface area contributed by atoms with E-state index in [1.165, 1.54) is 5.56 Å². The first kappa shape index (κ1) is 26.5. The predicted octanol–water partition coefficient (Wildman–Crippen LogP) is 6.15. The largest absolute Gasteiger partial charge is 0.487 e. The molecule has 4 aromatic carbocycles. The van der Waals surface area contributed by atoms with Gasteiger partial charge in [0.05, 0.1) is 10.6 Å². The number of nitrogens with zero attached hydrogens (tertiary/aromatic N) is 1. The molecule has 0 aromatic heterocycles. The van der Waals surface area contributed by atoms with E-state index in [0.717, 1.165) is 60.2 Å². The molecule has 4 aromatic rings. The second-order valence-electron chi connectivity index (χ2n) is 9.72. The number of carbonyl (C=O) groups excluding carboxylic acids is 1.